The largest absolute Gasteiger partial charge is 0.248 e. The predicted molar refractivity (Wildman–Crippen MR) is 233 cm³/mol. The third kappa shape index (κ3) is 6.42. The quantitative estimate of drug-likeness (QED) is 0.154. The molecule has 3 heteroatoms. The molecule has 0 bridgehead atoms. The summed E-state index contributed by atoms with van der Waals surface area (Å²) in [5.41, 5.74) is 14.7. The van der Waals surface area contributed by atoms with Crippen molar-refractivity contribution in [2.75, 3.05) is 0 Å². The van der Waals surface area contributed by atoms with Gasteiger partial charge in [-0.05, 0) is 80.6 Å². The van der Waals surface area contributed by atoms with Crippen molar-refractivity contribution in [2.24, 2.45) is 0 Å². The van der Waals surface area contributed by atoms with Crippen LogP contribution in [0, 0.1) is 0 Å². The molecule has 262 valence electrons. The predicted octanol–water partition coefficient (Wildman–Crippen LogP) is 13.8. The summed E-state index contributed by atoms with van der Waals surface area (Å²) in [5, 5.41) is 3.41. The third-order valence-corrected chi connectivity index (χ3v) is 10.5. The van der Waals surface area contributed by atoms with E-state index in [0.29, 0.717) is 5.82 Å². The van der Waals surface area contributed by atoms with E-state index in [9.17, 15) is 0 Å². The van der Waals surface area contributed by atoms with Crippen LogP contribution in [0.15, 0.2) is 212 Å². The summed E-state index contributed by atoms with van der Waals surface area (Å²) in [4.78, 5) is 15.7. The topological polar surface area (TPSA) is 38.7 Å². The molecule has 0 N–H and O–H groups in total. The van der Waals surface area contributed by atoms with Crippen molar-refractivity contribution in [3.8, 4) is 78.5 Å². The van der Waals surface area contributed by atoms with Gasteiger partial charge in [-0.25, -0.2) is 15.0 Å². The fourth-order valence-corrected chi connectivity index (χ4v) is 7.66. The number of fused-ring (bicyclic) bond motifs is 3. The molecule has 0 aliphatic heterocycles. The first kappa shape index (κ1) is 33.1. The van der Waals surface area contributed by atoms with E-state index in [1.807, 2.05) is 18.2 Å². The monoisotopic (exact) mass is 713 g/mol. The highest BCUT2D eigenvalue weighted by atomic mass is 14.9. The van der Waals surface area contributed by atoms with E-state index in [2.05, 4.69) is 194 Å². The minimum atomic E-state index is 0.683. The lowest BCUT2D eigenvalue weighted by Gasteiger charge is -2.14. The van der Waals surface area contributed by atoms with E-state index in [1.165, 1.54) is 5.56 Å². The smallest absolute Gasteiger partial charge is 0.160 e. The zero-order valence-electron chi connectivity index (χ0n) is 30.5. The number of nitrogens with zero attached hydrogens (tertiary/aromatic N) is 3. The van der Waals surface area contributed by atoms with Crippen molar-refractivity contribution in [3.05, 3.63) is 212 Å². The SMILES string of the molecule is c1ccc(-c2cccc(-c3cc(-c4ccc5c(ccc6nc(-c7ccccc7)cc(-c7ccccc7)c65)c4)nc(-c4cccc(-c5ccccc5)c4)n3)c2)cc1. The molecule has 0 aliphatic rings. The molecular formula is C53H35N3. The second-order valence-electron chi connectivity index (χ2n) is 14.0. The Morgan fingerprint density at radius 2 is 0.750 bits per heavy atom. The van der Waals surface area contributed by atoms with Crippen LogP contribution in [0.25, 0.3) is 100 Å². The van der Waals surface area contributed by atoms with Crippen LogP contribution in [0.3, 0.4) is 0 Å². The van der Waals surface area contributed by atoms with Crippen molar-refractivity contribution in [1.82, 2.24) is 15.0 Å². The van der Waals surface area contributed by atoms with Crippen molar-refractivity contribution < 1.29 is 0 Å². The van der Waals surface area contributed by atoms with Gasteiger partial charge in [0.1, 0.15) is 0 Å². The second kappa shape index (κ2) is 14.4. The fraction of sp³-hybridized carbons (Fsp3) is 0. The lowest BCUT2D eigenvalue weighted by atomic mass is 9.93. The van der Waals surface area contributed by atoms with E-state index in [1.54, 1.807) is 0 Å². The van der Waals surface area contributed by atoms with Crippen LogP contribution in [0.4, 0.5) is 0 Å². The van der Waals surface area contributed by atoms with Gasteiger partial charge in [-0.15, -0.1) is 0 Å². The maximum atomic E-state index is 5.27. The van der Waals surface area contributed by atoms with Gasteiger partial charge in [0.2, 0.25) is 0 Å². The molecule has 10 aromatic rings. The Balaban J connectivity index is 1.14. The Labute approximate surface area is 326 Å². The average Bonchev–Trinajstić information content (AvgIpc) is 3.29. The highest BCUT2D eigenvalue weighted by molar-refractivity contribution is 6.14. The highest BCUT2D eigenvalue weighted by Gasteiger charge is 2.16. The zero-order chi connectivity index (χ0) is 37.3. The van der Waals surface area contributed by atoms with Crippen LogP contribution in [-0.4, -0.2) is 15.0 Å². The van der Waals surface area contributed by atoms with Crippen LogP contribution >= 0.6 is 0 Å². The Kier molecular flexibility index (Phi) is 8.51. The van der Waals surface area contributed by atoms with Gasteiger partial charge in [-0.3, -0.25) is 0 Å². The molecule has 0 saturated carbocycles. The lowest BCUT2D eigenvalue weighted by Crippen LogP contribution is -1.97. The molecule has 0 radical (unpaired) electrons. The van der Waals surface area contributed by atoms with Crippen LogP contribution in [0.5, 0.6) is 0 Å². The van der Waals surface area contributed by atoms with E-state index >= 15 is 0 Å². The third-order valence-electron chi connectivity index (χ3n) is 10.5. The molecule has 0 atom stereocenters. The molecule has 0 saturated heterocycles. The van der Waals surface area contributed by atoms with E-state index in [4.69, 9.17) is 15.0 Å². The minimum Gasteiger partial charge on any atom is -0.248 e. The normalized spacial score (nSPS) is 11.2. The summed E-state index contributed by atoms with van der Waals surface area (Å²) in [6, 6.07) is 74.5. The summed E-state index contributed by atoms with van der Waals surface area (Å²) >= 11 is 0. The summed E-state index contributed by atoms with van der Waals surface area (Å²) < 4.78 is 0. The summed E-state index contributed by atoms with van der Waals surface area (Å²) in [6.45, 7) is 0. The molecule has 10 rings (SSSR count). The summed E-state index contributed by atoms with van der Waals surface area (Å²) in [7, 11) is 0. The van der Waals surface area contributed by atoms with Crippen LogP contribution in [0.1, 0.15) is 0 Å². The van der Waals surface area contributed by atoms with Gasteiger partial charge in [0, 0.05) is 27.6 Å². The molecular weight excluding hydrogens is 679 g/mol. The Morgan fingerprint density at radius 1 is 0.268 bits per heavy atom. The van der Waals surface area contributed by atoms with Gasteiger partial charge in [0.05, 0.1) is 22.6 Å². The van der Waals surface area contributed by atoms with E-state index in [0.717, 1.165) is 88.8 Å². The second-order valence-corrected chi connectivity index (χ2v) is 14.0. The van der Waals surface area contributed by atoms with E-state index in [-0.39, 0.29) is 0 Å². The van der Waals surface area contributed by atoms with Gasteiger partial charge >= 0.3 is 0 Å². The highest BCUT2D eigenvalue weighted by Crippen LogP contribution is 2.39. The van der Waals surface area contributed by atoms with Crippen LogP contribution in [0.2, 0.25) is 0 Å². The van der Waals surface area contributed by atoms with Gasteiger partial charge in [-0.1, -0.05) is 176 Å². The lowest BCUT2D eigenvalue weighted by molar-refractivity contribution is 1.18. The maximum Gasteiger partial charge on any atom is 0.160 e. The first-order valence-electron chi connectivity index (χ1n) is 18.9. The molecule has 8 aromatic carbocycles. The maximum absolute atomic E-state index is 5.27. The van der Waals surface area contributed by atoms with Gasteiger partial charge in [0.15, 0.2) is 5.82 Å². The van der Waals surface area contributed by atoms with Gasteiger partial charge in [0.25, 0.3) is 0 Å². The molecule has 0 fully saturated rings. The average molecular weight is 714 g/mol. The van der Waals surface area contributed by atoms with Gasteiger partial charge < -0.3 is 0 Å². The van der Waals surface area contributed by atoms with Crippen LogP contribution in [-0.2, 0) is 0 Å². The molecule has 56 heavy (non-hydrogen) atoms. The summed E-state index contributed by atoms with van der Waals surface area (Å²) in [6.07, 6.45) is 0. The van der Waals surface area contributed by atoms with E-state index < -0.39 is 0 Å². The van der Waals surface area contributed by atoms with Crippen molar-refractivity contribution >= 4 is 21.7 Å². The molecule has 2 aromatic heterocycles. The standard InChI is InChI=1S/C53H35N3/c1-5-15-36(16-6-1)40-23-13-25-43(31-40)50-35-51(56-53(55-50)45-26-14-24-41(32-45)37-17-7-2-8-18-37)44-27-29-46-42(33-44)28-30-48-52(46)47(38-19-9-3-10-20-38)34-49(54-48)39-21-11-4-12-22-39/h1-35H. The van der Waals surface area contributed by atoms with Crippen molar-refractivity contribution in [2.45, 2.75) is 0 Å². The molecule has 0 amide bonds. The molecule has 2 heterocycles. The number of hydrogen-bond donors (Lipinski definition) is 0. The minimum absolute atomic E-state index is 0.683. The Bertz CT molecular complexity index is 2900. The van der Waals surface area contributed by atoms with Crippen molar-refractivity contribution in [1.29, 1.82) is 0 Å². The molecule has 0 aliphatic carbocycles. The Hall–Kier alpha value is -7.49. The first-order chi connectivity index (χ1) is 27.7. The number of rotatable bonds is 7. The van der Waals surface area contributed by atoms with Gasteiger partial charge in [-0.2, -0.15) is 0 Å². The number of hydrogen-bond acceptors (Lipinski definition) is 3. The molecule has 0 spiro atoms. The molecule has 0 unspecified atom stereocenters. The number of aromatic nitrogens is 3. The summed E-state index contributed by atoms with van der Waals surface area (Å²) in [5.74, 6) is 0.683. The first-order valence-corrected chi connectivity index (χ1v) is 18.9. The number of benzene rings is 8. The molecule has 3 nitrogen and oxygen atoms in total. The van der Waals surface area contributed by atoms with Crippen LogP contribution < -0.4 is 0 Å². The number of pyridine rings is 1. The van der Waals surface area contributed by atoms with Crippen molar-refractivity contribution in [3.63, 3.8) is 0 Å². The fourth-order valence-electron chi connectivity index (χ4n) is 7.66. The Morgan fingerprint density at radius 3 is 1.38 bits per heavy atom. The zero-order valence-corrected chi connectivity index (χ0v) is 30.5.